The summed E-state index contributed by atoms with van der Waals surface area (Å²) in [6.45, 7) is 14.1. The molecule has 2 unspecified atom stereocenters. The van der Waals surface area contributed by atoms with E-state index in [4.69, 9.17) is 14.2 Å². The maximum absolute atomic E-state index is 12.2. The van der Waals surface area contributed by atoms with Gasteiger partial charge in [-0.15, -0.1) is 0 Å². The Morgan fingerprint density at radius 2 is 1.87 bits per heavy atom. The topological polar surface area (TPSA) is 48.0 Å². The quantitative estimate of drug-likeness (QED) is 0.565. The number of hydrogen-bond donors (Lipinski definition) is 0. The Morgan fingerprint density at radius 1 is 1.16 bits per heavy atom. The molecule has 0 amide bonds. The standard InChI is InChI=1S/C26H35NO4/c1-18-8-7-9-23(20(18)3)30-22-12-10-21(11-13-22)24-17-27(14-15-29-24)19(2)16-25(28)31-26(4,5)6/h7-13,19,24H,14-17H2,1-6H3. The van der Waals surface area contributed by atoms with E-state index in [1.54, 1.807) is 0 Å². The Morgan fingerprint density at radius 3 is 2.55 bits per heavy atom. The van der Waals surface area contributed by atoms with Crippen LogP contribution in [0.2, 0.25) is 0 Å². The van der Waals surface area contributed by atoms with Gasteiger partial charge in [-0.3, -0.25) is 9.69 Å². The number of morpholine rings is 1. The normalized spacial score (nSPS) is 18.5. The summed E-state index contributed by atoms with van der Waals surface area (Å²) in [6.07, 6.45) is 0.358. The first-order valence-corrected chi connectivity index (χ1v) is 11.0. The van der Waals surface area contributed by atoms with Gasteiger partial charge < -0.3 is 14.2 Å². The first kappa shape index (κ1) is 23.3. The molecule has 1 saturated heterocycles. The Hall–Kier alpha value is -2.37. The second-order valence-corrected chi connectivity index (χ2v) is 9.36. The van der Waals surface area contributed by atoms with Crippen LogP contribution in [0.15, 0.2) is 42.5 Å². The number of nitrogens with zero attached hydrogens (tertiary/aromatic N) is 1. The highest BCUT2D eigenvalue weighted by Crippen LogP contribution is 2.30. The van der Waals surface area contributed by atoms with Crippen molar-refractivity contribution < 1.29 is 19.0 Å². The van der Waals surface area contributed by atoms with E-state index in [1.165, 1.54) is 5.56 Å². The highest BCUT2D eigenvalue weighted by molar-refractivity contribution is 5.70. The van der Waals surface area contributed by atoms with E-state index in [2.05, 4.69) is 43.9 Å². The van der Waals surface area contributed by atoms with Gasteiger partial charge in [-0.25, -0.2) is 0 Å². The van der Waals surface area contributed by atoms with Crippen LogP contribution in [0.1, 0.15) is 56.9 Å². The fraction of sp³-hybridized carbons (Fsp3) is 0.500. The van der Waals surface area contributed by atoms with E-state index in [0.717, 1.165) is 35.7 Å². The molecule has 0 N–H and O–H groups in total. The molecule has 5 nitrogen and oxygen atoms in total. The number of esters is 1. The summed E-state index contributed by atoms with van der Waals surface area (Å²) in [5, 5.41) is 0. The molecule has 0 aromatic heterocycles. The third-order valence-corrected chi connectivity index (χ3v) is 5.64. The lowest BCUT2D eigenvalue weighted by Crippen LogP contribution is -2.44. The highest BCUT2D eigenvalue weighted by Gasteiger charge is 2.28. The lowest BCUT2D eigenvalue weighted by atomic mass is 10.1. The van der Waals surface area contributed by atoms with Gasteiger partial charge in [0.2, 0.25) is 0 Å². The van der Waals surface area contributed by atoms with Crippen molar-refractivity contribution in [1.29, 1.82) is 0 Å². The molecule has 1 heterocycles. The summed E-state index contributed by atoms with van der Waals surface area (Å²) in [7, 11) is 0. The summed E-state index contributed by atoms with van der Waals surface area (Å²) in [5.74, 6) is 1.53. The zero-order chi connectivity index (χ0) is 22.6. The Balaban J connectivity index is 1.60. The summed E-state index contributed by atoms with van der Waals surface area (Å²) in [4.78, 5) is 14.5. The van der Waals surface area contributed by atoms with E-state index >= 15 is 0 Å². The average Bonchev–Trinajstić information content (AvgIpc) is 2.70. The van der Waals surface area contributed by atoms with Crippen LogP contribution in [0.5, 0.6) is 11.5 Å². The number of aryl methyl sites for hydroxylation is 1. The van der Waals surface area contributed by atoms with Crippen molar-refractivity contribution in [2.45, 2.75) is 65.7 Å². The number of hydrogen-bond acceptors (Lipinski definition) is 5. The number of carbonyl (C=O) groups is 1. The van der Waals surface area contributed by atoms with Crippen LogP contribution in [0, 0.1) is 13.8 Å². The molecule has 2 atom stereocenters. The van der Waals surface area contributed by atoms with E-state index < -0.39 is 5.60 Å². The van der Waals surface area contributed by atoms with Crippen LogP contribution in [-0.2, 0) is 14.3 Å². The average molecular weight is 426 g/mol. The Labute approximate surface area is 186 Å². The van der Waals surface area contributed by atoms with Gasteiger partial charge in [-0.05, 0) is 76.4 Å². The van der Waals surface area contributed by atoms with Crippen molar-refractivity contribution in [1.82, 2.24) is 4.90 Å². The minimum Gasteiger partial charge on any atom is -0.460 e. The van der Waals surface area contributed by atoms with Crippen LogP contribution in [0.25, 0.3) is 0 Å². The van der Waals surface area contributed by atoms with Crippen molar-refractivity contribution in [3.63, 3.8) is 0 Å². The number of ether oxygens (including phenoxy) is 3. The Bertz CT molecular complexity index is 885. The van der Waals surface area contributed by atoms with E-state index in [9.17, 15) is 4.79 Å². The zero-order valence-corrected chi connectivity index (χ0v) is 19.6. The SMILES string of the molecule is Cc1cccc(Oc2ccc(C3CN(C(C)CC(=O)OC(C)(C)C)CCO3)cc2)c1C. The molecule has 0 aliphatic carbocycles. The Kier molecular flexibility index (Phi) is 7.39. The number of benzene rings is 2. The molecular formula is C26H35NO4. The first-order valence-electron chi connectivity index (χ1n) is 11.0. The molecular weight excluding hydrogens is 390 g/mol. The molecule has 2 aromatic rings. The van der Waals surface area contributed by atoms with Crippen LogP contribution in [-0.4, -0.2) is 42.2 Å². The molecule has 168 valence electrons. The van der Waals surface area contributed by atoms with Crippen LogP contribution in [0.3, 0.4) is 0 Å². The second kappa shape index (κ2) is 9.84. The van der Waals surface area contributed by atoms with E-state index in [-0.39, 0.29) is 18.1 Å². The molecule has 31 heavy (non-hydrogen) atoms. The maximum atomic E-state index is 12.2. The molecule has 0 bridgehead atoms. The molecule has 0 spiro atoms. The fourth-order valence-corrected chi connectivity index (χ4v) is 3.74. The van der Waals surface area contributed by atoms with Gasteiger partial charge in [0.1, 0.15) is 17.1 Å². The van der Waals surface area contributed by atoms with Gasteiger partial charge in [0.05, 0.1) is 19.1 Å². The molecule has 0 saturated carbocycles. The van der Waals surface area contributed by atoms with Gasteiger partial charge in [0, 0.05) is 19.1 Å². The van der Waals surface area contributed by atoms with Crippen LogP contribution in [0.4, 0.5) is 0 Å². The van der Waals surface area contributed by atoms with E-state index in [0.29, 0.717) is 13.0 Å². The second-order valence-electron chi connectivity index (χ2n) is 9.36. The van der Waals surface area contributed by atoms with Crippen molar-refractivity contribution in [2.24, 2.45) is 0 Å². The molecule has 5 heteroatoms. The highest BCUT2D eigenvalue weighted by atomic mass is 16.6. The fourth-order valence-electron chi connectivity index (χ4n) is 3.74. The molecule has 2 aromatic carbocycles. The van der Waals surface area contributed by atoms with Crippen LogP contribution >= 0.6 is 0 Å². The predicted octanol–water partition coefficient (Wildman–Crippen LogP) is 5.59. The summed E-state index contributed by atoms with van der Waals surface area (Å²) < 4.78 is 17.6. The molecule has 1 fully saturated rings. The third-order valence-electron chi connectivity index (χ3n) is 5.64. The molecule has 1 aliphatic rings. The summed E-state index contributed by atoms with van der Waals surface area (Å²) >= 11 is 0. The smallest absolute Gasteiger partial charge is 0.307 e. The predicted molar refractivity (Wildman–Crippen MR) is 123 cm³/mol. The monoisotopic (exact) mass is 425 g/mol. The molecule has 3 rings (SSSR count). The third kappa shape index (κ3) is 6.55. The molecule has 0 radical (unpaired) electrons. The lowest BCUT2D eigenvalue weighted by Gasteiger charge is -2.37. The van der Waals surface area contributed by atoms with Crippen molar-refractivity contribution in [3.8, 4) is 11.5 Å². The van der Waals surface area contributed by atoms with Crippen LogP contribution < -0.4 is 4.74 Å². The number of carbonyl (C=O) groups excluding carboxylic acids is 1. The first-order chi connectivity index (χ1) is 14.6. The largest absolute Gasteiger partial charge is 0.460 e. The number of rotatable bonds is 6. The maximum Gasteiger partial charge on any atom is 0.307 e. The lowest BCUT2D eigenvalue weighted by molar-refractivity contribution is -0.156. The molecule has 1 aliphatic heterocycles. The van der Waals surface area contributed by atoms with Crippen molar-refractivity contribution in [2.75, 3.05) is 19.7 Å². The van der Waals surface area contributed by atoms with Gasteiger partial charge in [-0.1, -0.05) is 24.3 Å². The van der Waals surface area contributed by atoms with Gasteiger partial charge in [-0.2, -0.15) is 0 Å². The summed E-state index contributed by atoms with van der Waals surface area (Å²) in [5.41, 5.74) is 3.02. The minimum absolute atomic E-state index is 0.0235. The van der Waals surface area contributed by atoms with E-state index in [1.807, 2.05) is 45.0 Å². The van der Waals surface area contributed by atoms with Gasteiger partial charge >= 0.3 is 5.97 Å². The minimum atomic E-state index is -0.453. The zero-order valence-electron chi connectivity index (χ0n) is 19.6. The van der Waals surface area contributed by atoms with Crippen molar-refractivity contribution >= 4 is 5.97 Å². The van der Waals surface area contributed by atoms with Gasteiger partial charge in [0.15, 0.2) is 0 Å². The van der Waals surface area contributed by atoms with Gasteiger partial charge in [0.25, 0.3) is 0 Å². The van der Waals surface area contributed by atoms with Crippen molar-refractivity contribution in [3.05, 3.63) is 59.2 Å². The summed E-state index contributed by atoms with van der Waals surface area (Å²) in [6, 6.07) is 14.3.